The lowest BCUT2D eigenvalue weighted by Gasteiger charge is -2.18. The van der Waals surface area contributed by atoms with Crippen LogP contribution in [0.3, 0.4) is 0 Å². The highest BCUT2D eigenvalue weighted by atomic mass is 32.2. The predicted octanol–water partition coefficient (Wildman–Crippen LogP) is 2.44. The standard InChI is InChI=1S/C21H22N2O4S/c1-4-14-22-28(25,26)20-12-8-18(9-13-20)21(24)23(3)16-17-6-10-19(11-7-17)27-15-5-2/h1,5-13,22H,2,14-16H2,3H3. The van der Waals surface area contributed by atoms with Crippen molar-refractivity contribution in [1.29, 1.82) is 0 Å². The molecule has 0 aliphatic carbocycles. The first-order valence-corrected chi connectivity index (χ1v) is 9.97. The molecule has 2 aromatic carbocycles. The van der Waals surface area contributed by atoms with Crippen molar-refractivity contribution in [1.82, 2.24) is 9.62 Å². The van der Waals surface area contributed by atoms with Crippen molar-refractivity contribution in [2.75, 3.05) is 20.2 Å². The Morgan fingerprint density at radius 2 is 1.86 bits per heavy atom. The van der Waals surface area contributed by atoms with Gasteiger partial charge < -0.3 is 9.64 Å². The molecule has 0 fully saturated rings. The summed E-state index contributed by atoms with van der Waals surface area (Å²) >= 11 is 0. The Morgan fingerprint density at radius 3 is 2.43 bits per heavy atom. The predicted molar refractivity (Wildman–Crippen MR) is 108 cm³/mol. The number of sulfonamides is 1. The van der Waals surface area contributed by atoms with Crippen LogP contribution in [0.4, 0.5) is 0 Å². The van der Waals surface area contributed by atoms with Gasteiger partial charge in [0.25, 0.3) is 5.91 Å². The van der Waals surface area contributed by atoms with Gasteiger partial charge in [0.2, 0.25) is 10.0 Å². The van der Waals surface area contributed by atoms with Crippen LogP contribution >= 0.6 is 0 Å². The molecule has 0 atom stereocenters. The van der Waals surface area contributed by atoms with Crippen LogP contribution in [0.2, 0.25) is 0 Å². The SMILES string of the molecule is C#CCNS(=O)(=O)c1ccc(C(=O)N(C)Cc2ccc(OCC=C)cc2)cc1. The van der Waals surface area contributed by atoms with E-state index in [2.05, 4.69) is 17.2 Å². The van der Waals surface area contributed by atoms with Gasteiger partial charge in [-0.2, -0.15) is 4.72 Å². The van der Waals surface area contributed by atoms with E-state index in [0.717, 1.165) is 11.3 Å². The van der Waals surface area contributed by atoms with Gasteiger partial charge in [-0.15, -0.1) is 6.42 Å². The van der Waals surface area contributed by atoms with Crippen molar-refractivity contribution in [3.05, 3.63) is 72.3 Å². The van der Waals surface area contributed by atoms with E-state index in [1.54, 1.807) is 18.0 Å². The van der Waals surface area contributed by atoms with Crippen molar-refractivity contribution in [3.63, 3.8) is 0 Å². The fourth-order valence-corrected chi connectivity index (χ4v) is 3.34. The van der Waals surface area contributed by atoms with Crippen LogP contribution in [0.1, 0.15) is 15.9 Å². The Labute approximate surface area is 165 Å². The molecule has 2 rings (SSSR count). The van der Waals surface area contributed by atoms with Crippen molar-refractivity contribution in [2.45, 2.75) is 11.4 Å². The van der Waals surface area contributed by atoms with Crippen LogP contribution < -0.4 is 9.46 Å². The maximum absolute atomic E-state index is 12.6. The number of benzene rings is 2. The number of hydrogen-bond acceptors (Lipinski definition) is 4. The molecule has 0 unspecified atom stereocenters. The third-order valence-electron chi connectivity index (χ3n) is 3.83. The number of ether oxygens (including phenoxy) is 1. The van der Waals surface area contributed by atoms with Crippen LogP contribution in [0, 0.1) is 12.3 Å². The second-order valence-electron chi connectivity index (χ2n) is 5.96. The molecule has 6 nitrogen and oxygen atoms in total. The van der Waals surface area contributed by atoms with Gasteiger partial charge in [0, 0.05) is 19.2 Å². The van der Waals surface area contributed by atoms with Crippen molar-refractivity contribution >= 4 is 15.9 Å². The normalized spacial score (nSPS) is 10.7. The van der Waals surface area contributed by atoms with E-state index in [1.165, 1.54) is 24.3 Å². The van der Waals surface area contributed by atoms with Crippen molar-refractivity contribution < 1.29 is 17.9 Å². The number of amides is 1. The Hall–Kier alpha value is -3.08. The largest absolute Gasteiger partial charge is 0.490 e. The van der Waals surface area contributed by atoms with Gasteiger partial charge in [0.1, 0.15) is 12.4 Å². The van der Waals surface area contributed by atoms with Gasteiger partial charge in [0.15, 0.2) is 0 Å². The number of nitrogens with one attached hydrogen (secondary N) is 1. The number of hydrogen-bond donors (Lipinski definition) is 1. The Morgan fingerprint density at radius 1 is 1.21 bits per heavy atom. The molecule has 146 valence electrons. The lowest BCUT2D eigenvalue weighted by Crippen LogP contribution is -2.26. The average molecular weight is 398 g/mol. The first-order valence-electron chi connectivity index (χ1n) is 8.48. The maximum atomic E-state index is 12.6. The molecule has 0 bridgehead atoms. The smallest absolute Gasteiger partial charge is 0.253 e. The zero-order chi connectivity index (χ0) is 20.6. The van der Waals surface area contributed by atoms with Gasteiger partial charge in [-0.3, -0.25) is 4.79 Å². The van der Waals surface area contributed by atoms with Crippen molar-refractivity contribution in [2.24, 2.45) is 0 Å². The molecule has 1 N–H and O–H groups in total. The highest BCUT2D eigenvalue weighted by Crippen LogP contribution is 2.16. The summed E-state index contributed by atoms with van der Waals surface area (Å²) in [6, 6.07) is 13.2. The molecule has 0 spiro atoms. The number of carbonyl (C=O) groups is 1. The summed E-state index contributed by atoms with van der Waals surface area (Å²) in [6.45, 7) is 4.34. The number of terminal acetylenes is 1. The minimum Gasteiger partial charge on any atom is -0.490 e. The fourth-order valence-electron chi connectivity index (χ4n) is 2.41. The van der Waals surface area contributed by atoms with Crippen LogP contribution in [-0.2, 0) is 16.6 Å². The summed E-state index contributed by atoms with van der Waals surface area (Å²) in [6.07, 6.45) is 6.73. The molecular formula is C21H22N2O4S. The van der Waals surface area contributed by atoms with Gasteiger partial charge in [-0.25, -0.2) is 8.42 Å². The van der Waals surface area contributed by atoms with Gasteiger partial charge in [-0.1, -0.05) is 30.7 Å². The quantitative estimate of drug-likeness (QED) is 0.520. The highest BCUT2D eigenvalue weighted by molar-refractivity contribution is 7.89. The average Bonchev–Trinajstić information content (AvgIpc) is 2.71. The molecule has 0 aromatic heterocycles. The summed E-state index contributed by atoms with van der Waals surface area (Å²) in [4.78, 5) is 14.2. The molecule has 0 aliphatic rings. The molecule has 28 heavy (non-hydrogen) atoms. The molecule has 0 saturated carbocycles. The summed E-state index contributed by atoms with van der Waals surface area (Å²) in [5.74, 6) is 2.73. The lowest BCUT2D eigenvalue weighted by molar-refractivity contribution is 0.0785. The first-order chi connectivity index (χ1) is 13.4. The fraction of sp³-hybridized carbons (Fsp3) is 0.190. The highest BCUT2D eigenvalue weighted by Gasteiger charge is 2.16. The van der Waals surface area contributed by atoms with E-state index >= 15 is 0 Å². The Balaban J connectivity index is 2.03. The minimum absolute atomic E-state index is 0.0528. The van der Waals surface area contributed by atoms with Crippen LogP contribution in [0.25, 0.3) is 0 Å². The number of carbonyl (C=O) groups excluding carboxylic acids is 1. The topological polar surface area (TPSA) is 75.7 Å². The van der Waals surface area contributed by atoms with E-state index in [9.17, 15) is 13.2 Å². The van der Waals surface area contributed by atoms with E-state index < -0.39 is 10.0 Å². The first kappa shape index (κ1) is 21.2. The maximum Gasteiger partial charge on any atom is 0.253 e. The zero-order valence-electron chi connectivity index (χ0n) is 15.6. The van der Waals surface area contributed by atoms with Crippen LogP contribution in [0.15, 0.2) is 66.1 Å². The number of nitrogens with zero attached hydrogens (tertiary/aromatic N) is 1. The van der Waals surface area contributed by atoms with E-state index in [4.69, 9.17) is 11.2 Å². The van der Waals surface area contributed by atoms with Crippen LogP contribution in [-0.4, -0.2) is 39.4 Å². The van der Waals surface area contributed by atoms with Crippen LogP contribution in [0.5, 0.6) is 5.75 Å². The molecule has 7 heteroatoms. The Kier molecular flexibility index (Phi) is 7.38. The zero-order valence-corrected chi connectivity index (χ0v) is 16.4. The molecule has 2 aromatic rings. The minimum atomic E-state index is -3.68. The van der Waals surface area contributed by atoms with Gasteiger partial charge in [-0.05, 0) is 42.0 Å². The summed E-state index contributed by atoms with van der Waals surface area (Å²) in [5.41, 5.74) is 1.34. The second-order valence-corrected chi connectivity index (χ2v) is 7.72. The molecule has 0 aliphatic heterocycles. The molecule has 0 heterocycles. The lowest BCUT2D eigenvalue weighted by atomic mass is 10.1. The monoisotopic (exact) mass is 398 g/mol. The van der Waals surface area contributed by atoms with E-state index in [0.29, 0.717) is 18.7 Å². The summed E-state index contributed by atoms with van der Waals surface area (Å²) in [5, 5.41) is 0. The third-order valence-corrected chi connectivity index (χ3v) is 5.25. The third kappa shape index (κ3) is 5.71. The Bertz CT molecular complexity index is 959. The molecular weight excluding hydrogens is 376 g/mol. The molecule has 0 saturated heterocycles. The molecule has 0 radical (unpaired) electrons. The van der Waals surface area contributed by atoms with Gasteiger partial charge >= 0.3 is 0 Å². The summed E-state index contributed by atoms with van der Waals surface area (Å²) in [7, 11) is -2.00. The van der Waals surface area contributed by atoms with Gasteiger partial charge in [0.05, 0.1) is 11.4 Å². The van der Waals surface area contributed by atoms with E-state index in [1.807, 2.05) is 24.3 Å². The van der Waals surface area contributed by atoms with E-state index in [-0.39, 0.29) is 17.3 Å². The van der Waals surface area contributed by atoms with Crippen molar-refractivity contribution in [3.8, 4) is 18.1 Å². The summed E-state index contributed by atoms with van der Waals surface area (Å²) < 4.78 is 31.7. The number of rotatable bonds is 9. The molecule has 1 amide bonds. The second kappa shape index (κ2) is 9.74.